The molecule has 1 atom stereocenters. The molecule has 8 heteroatoms. The van der Waals surface area contributed by atoms with Gasteiger partial charge in [0.1, 0.15) is 5.75 Å². The van der Waals surface area contributed by atoms with E-state index >= 15 is 0 Å². The SMILES string of the molecule is O=C(COc1ccc(C=NNc2nc(-c3ccccc3)cs2)cc1)NCC1CCCO1. The summed E-state index contributed by atoms with van der Waals surface area (Å²) in [7, 11) is 0. The number of hydrogen-bond donors (Lipinski definition) is 2. The minimum absolute atomic E-state index is 0.0183. The number of thiazole rings is 1. The first kappa shape index (κ1) is 21.0. The van der Waals surface area contributed by atoms with Gasteiger partial charge in [0.2, 0.25) is 5.13 Å². The van der Waals surface area contributed by atoms with E-state index in [-0.39, 0.29) is 18.6 Å². The van der Waals surface area contributed by atoms with Crippen LogP contribution >= 0.6 is 11.3 Å². The van der Waals surface area contributed by atoms with Crippen LogP contribution in [-0.4, -0.2) is 43.0 Å². The molecule has 3 aromatic rings. The number of nitrogens with zero attached hydrogens (tertiary/aromatic N) is 2. The molecule has 160 valence electrons. The van der Waals surface area contributed by atoms with Crippen molar-refractivity contribution in [2.45, 2.75) is 18.9 Å². The number of nitrogens with one attached hydrogen (secondary N) is 2. The molecular formula is C23H24N4O3S. The summed E-state index contributed by atoms with van der Waals surface area (Å²) < 4.78 is 11.0. The molecule has 1 aliphatic heterocycles. The van der Waals surface area contributed by atoms with Gasteiger partial charge in [0.25, 0.3) is 5.91 Å². The lowest BCUT2D eigenvalue weighted by atomic mass is 10.2. The Bertz CT molecular complexity index is 999. The van der Waals surface area contributed by atoms with Gasteiger partial charge in [0.15, 0.2) is 6.61 Å². The van der Waals surface area contributed by atoms with Crippen LogP contribution in [-0.2, 0) is 9.53 Å². The van der Waals surface area contributed by atoms with Crippen LogP contribution in [0.1, 0.15) is 18.4 Å². The average Bonchev–Trinajstić information content (AvgIpc) is 3.50. The van der Waals surface area contributed by atoms with E-state index in [1.807, 2.05) is 60.0 Å². The van der Waals surface area contributed by atoms with E-state index in [9.17, 15) is 4.79 Å². The molecule has 1 fully saturated rings. The molecule has 2 aromatic carbocycles. The minimum Gasteiger partial charge on any atom is -0.484 e. The summed E-state index contributed by atoms with van der Waals surface area (Å²) >= 11 is 1.50. The standard InChI is InChI=1S/C23H24N4O3S/c28-22(24-14-20-7-4-12-29-20)15-30-19-10-8-17(9-11-19)13-25-27-23-26-21(16-31-23)18-5-2-1-3-6-18/h1-3,5-6,8-11,13,16,20H,4,7,12,14-15H2,(H,24,28)(H,26,27). The van der Waals surface area contributed by atoms with Crippen molar-refractivity contribution in [3.05, 3.63) is 65.5 Å². The van der Waals surface area contributed by atoms with Crippen LogP contribution in [0.5, 0.6) is 5.75 Å². The molecule has 1 saturated heterocycles. The fourth-order valence-electron chi connectivity index (χ4n) is 3.11. The maximum atomic E-state index is 11.9. The Morgan fingerprint density at radius 1 is 1.23 bits per heavy atom. The molecule has 0 spiro atoms. The zero-order chi connectivity index (χ0) is 21.3. The number of carbonyl (C=O) groups excluding carboxylic acids is 1. The van der Waals surface area contributed by atoms with Crippen LogP contribution in [0.15, 0.2) is 65.1 Å². The number of carbonyl (C=O) groups is 1. The van der Waals surface area contributed by atoms with Gasteiger partial charge in [-0.05, 0) is 42.7 Å². The second-order valence-electron chi connectivity index (χ2n) is 7.07. The fraction of sp³-hybridized carbons (Fsp3) is 0.261. The smallest absolute Gasteiger partial charge is 0.258 e. The molecule has 0 aliphatic carbocycles. The van der Waals surface area contributed by atoms with E-state index < -0.39 is 0 Å². The van der Waals surface area contributed by atoms with E-state index in [4.69, 9.17) is 9.47 Å². The monoisotopic (exact) mass is 436 g/mol. The van der Waals surface area contributed by atoms with Gasteiger partial charge in [-0.1, -0.05) is 30.3 Å². The van der Waals surface area contributed by atoms with Gasteiger partial charge in [0, 0.05) is 24.1 Å². The molecule has 0 radical (unpaired) electrons. The summed E-state index contributed by atoms with van der Waals surface area (Å²) in [6.45, 7) is 1.30. The second kappa shape index (κ2) is 10.7. The van der Waals surface area contributed by atoms with E-state index in [0.717, 1.165) is 41.4 Å². The Hall–Kier alpha value is -3.23. The summed E-state index contributed by atoms with van der Waals surface area (Å²) in [5.74, 6) is 0.480. The van der Waals surface area contributed by atoms with Crippen molar-refractivity contribution < 1.29 is 14.3 Å². The third-order valence-corrected chi connectivity index (χ3v) is 5.50. The number of amides is 1. The van der Waals surface area contributed by atoms with Gasteiger partial charge in [-0.2, -0.15) is 5.10 Å². The van der Waals surface area contributed by atoms with E-state index in [2.05, 4.69) is 20.8 Å². The van der Waals surface area contributed by atoms with Gasteiger partial charge in [-0.3, -0.25) is 10.2 Å². The summed E-state index contributed by atoms with van der Waals surface area (Å²) in [6.07, 6.45) is 3.89. The predicted octanol–water partition coefficient (Wildman–Crippen LogP) is 3.93. The Morgan fingerprint density at radius 2 is 2.06 bits per heavy atom. The molecule has 31 heavy (non-hydrogen) atoms. The average molecular weight is 437 g/mol. The highest BCUT2D eigenvalue weighted by Gasteiger charge is 2.16. The minimum atomic E-state index is -0.149. The topological polar surface area (TPSA) is 84.8 Å². The molecule has 1 aliphatic rings. The Balaban J connectivity index is 1.21. The van der Waals surface area contributed by atoms with Crippen molar-refractivity contribution in [1.29, 1.82) is 0 Å². The summed E-state index contributed by atoms with van der Waals surface area (Å²) in [5, 5.41) is 9.80. The van der Waals surface area contributed by atoms with Crippen molar-refractivity contribution in [2.75, 3.05) is 25.2 Å². The maximum Gasteiger partial charge on any atom is 0.258 e. The molecule has 2 N–H and O–H groups in total. The highest BCUT2D eigenvalue weighted by molar-refractivity contribution is 7.14. The number of ether oxygens (including phenoxy) is 2. The molecule has 0 saturated carbocycles. The van der Waals surface area contributed by atoms with Gasteiger partial charge in [0.05, 0.1) is 18.0 Å². The van der Waals surface area contributed by atoms with Crippen LogP contribution in [0.25, 0.3) is 11.3 Å². The zero-order valence-electron chi connectivity index (χ0n) is 17.0. The third kappa shape index (κ3) is 6.37. The molecular weight excluding hydrogens is 412 g/mol. The normalized spacial score (nSPS) is 15.8. The molecule has 7 nitrogen and oxygen atoms in total. The Labute approximate surface area is 185 Å². The number of hydrazone groups is 1. The first-order valence-corrected chi connectivity index (χ1v) is 11.1. The van der Waals surface area contributed by atoms with Crippen LogP contribution in [0, 0.1) is 0 Å². The maximum absolute atomic E-state index is 11.9. The quantitative estimate of drug-likeness (QED) is 0.392. The molecule has 1 aromatic heterocycles. The summed E-state index contributed by atoms with van der Waals surface area (Å²) in [6, 6.07) is 17.4. The second-order valence-corrected chi connectivity index (χ2v) is 7.93. The molecule has 1 amide bonds. The number of rotatable bonds is 9. The van der Waals surface area contributed by atoms with Crippen molar-refractivity contribution in [3.63, 3.8) is 0 Å². The van der Waals surface area contributed by atoms with Crippen molar-refractivity contribution >= 4 is 28.6 Å². The first-order valence-electron chi connectivity index (χ1n) is 10.2. The van der Waals surface area contributed by atoms with Crippen LogP contribution < -0.4 is 15.5 Å². The highest BCUT2D eigenvalue weighted by Crippen LogP contribution is 2.24. The number of benzene rings is 2. The molecule has 2 heterocycles. The Morgan fingerprint density at radius 3 is 2.84 bits per heavy atom. The largest absolute Gasteiger partial charge is 0.484 e. The fourth-order valence-corrected chi connectivity index (χ4v) is 3.78. The number of hydrogen-bond acceptors (Lipinski definition) is 7. The van der Waals surface area contributed by atoms with Crippen LogP contribution in [0.4, 0.5) is 5.13 Å². The highest BCUT2D eigenvalue weighted by atomic mass is 32.1. The molecule has 0 bridgehead atoms. The van der Waals surface area contributed by atoms with Crippen molar-refractivity contribution in [2.24, 2.45) is 5.10 Å². The van der Waals surface area contributed by atoms with Gasteiger partial charge in [-0.15, -0.1) is 11.3 Å². The summed E-state index contributed by atoms with van der Waals surface area (Å²) in [5.41, 5.74) is 5.86. The third-order valence-electron chi connectivity index (χ3n) is 4.75. The van der Waals surface area contributed by atoms with Gasteiger partial charge in [-0.25, -0.2) is 4.98 Å². The van der Waals surface area contributed by atoms with E-state index in [1.54, 1.807) is 6.21 Å². The number of aromatic nitrogens is 1. The van der Waals surface area contributed by atoms with E-state index in [0.29, 0.717) is 12.3 Å². The Kier molecular flexibility index (Phi) is 7.25. The van der Waals surface area contributed by atoms with Crippen molar-refractivity contribution in [3.8, 4) is 17.0 Å². The lowest BCUT2D eigenvalue weighted by Crippen LogP contribution is -2.35. The predicted molar refractivity (Wildman–Crippen MR) is 123 cm³/mol. The molecule has 1 unspecified atom stereocenters. The first-order chi connectivity index (χ1) is 15.3. The van der Waals surface area contributed by atoms with Crippen molar-refractivity contribution in [1.82, 2.24) is 10.3 Å². The van der Waals surface area contributed by atoms with Crippen LogP contribution in [0.2, 0.25) is 0 Å². The van der Waals surface area contributed by atoms with E-state index in [1.165, 1.54) is 11.3 Å². The van der Waals surface area contributed by atoms with Gasteiger partial charge >= 0.3 is 0 Å². The lowest BCUT2D eigenvalue weighted by molar-refractivity contribution is -0.123. The van der Waals surface area contributed by atoms with Gasteiger partial charge < -0.3 is 14.8 Å². The van der Waals surface area contributed by atoms with Crippen LogP contribution in [0.3, 0.4) is 0 Å². The zero-order valence-corrected chi connectivity index (χ0v) is 17.8. The lowest BCUT2D eigenvalue weighted by Gasteiger charge is -2.11. The summed E-state index contributed by atoms with van der Waals surface area (Å²) in [4.78, 5) is 16.4. The molecule has 4 rings (SSSR count). The number of anilines is 1.